The van der Waals surface area contributed by atoms with Gasteiger partial charge < -0.3 is 4.74 Å². The summed E-state index contributed by atoms with van der Waals surface area (Å²) in [6.45, 7) is 1.01. The zero-order valence-electron chi connectivity index (χ0n) is 6.99. The molecule has 1 heteroatoms. The summed E-state index contributed by atoms with van der Waals surface area (Å²) in [7, 11) is 0. The van der Waals surface area contributed by atoms with Crippen molar-refractivity contribution in [3.63, 3.8) is 0 Å². The van der Waals surface area contributed by atoms with E-state index in [0.29, 0.717) is 5.60 Å². The average molecular weight is 160 g/mol. The second kappa shape index (κ2) is 2.11. The Morgan fingerprint density at radius 1 is 1.17 bits per heavy atom. The van der Waals surface area contributed by atoms with E-state index in [4.69, 9.17) is 4.74 Å². The number of ether oxygens (including phenoxy) is 1. The lowest BCUT2D eigenvalue weighted by Gasteiger charge is -2.33. The minimum atomic E-state index is 0.348. The predicted molar refractivity (Wildman–Crippen MR) is 47.1 cm³/mol. The highest BCUT2D eigenvalue weighted by Gasteiger charge is 2.55. The molecule has 0 unspecified atom stereocenters. The van der Waals surface area contributed by atoms with Crippen LogP contribution in [-0.2, 0) is 4.74 Å². The first kappa shape index (κ1) is 6.67. The average Bonchev–Trinajstić information content (AvgIpc) is 2.82. The monoisotopic (exact) mass is 160 g/mol. The Bertz CT molecular complexity index is 279. The van der Waals surface area contributed by atoms with Gasteiger partial charge in [-0.25, -0.2) is 0 Å². The topological polar surface area (TPSA) is 12.5 Å². The van der Waals surface area contributed by atoms with Crippen molar-refractivity contribution in [2.45, 2.75) is 24.4 Å². The molecule has 1 aromatic rings. The highest BCUT2D eigenvalue weighted by Crippen LogP contribution is 2.54. The second-order valence-electron chi connectivity index (χ2n) is 3.99. The van der Waals surface area contributed by atoms with Gasteiger partial charge in [0.25, 0.3) is 0 Å². The van der Waals surface area contributed by atoms with E-state index < -0.39 is 0 Å². The lowest BCUT2D eigenvalue weighted by atomic mass is 9.71. The van der Waals surface area contributed by atoms with Gasteiger partial charge in [0, 0.05) is 0 Å². The van der Waals surface area contributed by atoms with Crippen LogP contribution in [0.4, 0.5) is 0 Å². The van der Waals surface area contributed by atoms with E-state index in [2.05, 4.69) is 30.3 Å². The molecule has 1 aliphatic heterocycles. The van der Waals surface area contributed by atoms with E-state index in [-0.39, 0.29) is 0 Å². The van der Waals surface area contributed by atoms with Gasteiger partial charge in [0.05, 0.1) is 12.2 Å². The normalized spacial score (nSPS) is 37.8. The van der Waals surface area contributed by atoms with Gasteiger partial charge in [-0.1, -0.05) is 30.3 Å². The summed E-state index contributed by atoms with van der Waals surface area (Å²) in [5, 5.41) is 0. The van der Waals surface area contributed by atoms with Gasteiger partial charge in [-0.15, -0.1) is 0 Å². The fourth-order valence-corrected chi connectivity index (χ4v) is 2.14. The van der Waals surface area contributed by atoms with E-state index in [9.17, 15) is 0 Å². The van der Waals surface area contributed by atoms with Gasteiger partial charge in [0.1, 0.15) is 0 Å². The van der Waals surface area contributed by atoms with Crippen molar-refractivity contribution in [2.75, 3.05) is 6.61 Å². The molecule has 1 aliphatic carbocycles. The van der Waals surface area contributed by atoms with E-state index in [1.54, 1.807) is 0 Å². The maximum atomic E-state index is 5.38. The van der Waals surface area contributed by atoms with Crippen LogP contribution in [0.15, 0.2) is 30.3 Å². The molecule has 0 bridgehead atoms. The molecule has 1 heterocycles. The van der Waals surface area contributed by atoms with Crippen LogP contribution in [0.5, 0.6) is 0 Å². The Morgan fingerprint density at radius 3 is 2.42 bits per heavy atom. The van der Waals surface area contributed by atoms with E-state index in [1.165, 1.54) is 18.4 Å². The van der Waals surface area contributed by atoms with Crippen LogP contribution in [0.2, 0.25) is 0 Å². The highest BCUT2D eigenvalue weighted by atomic mass is 16.6. The van der Waals surface area contributed by atoms with Crippen LogP contribution < -0.4 is 0 Å². The third kappa shape index (κ3) is 0.896. The SMILES string of the molecule is c1ccc(C2CC3(CO3)C2)cc1. The fourth-order valence-electron chi connectivity index (χ4n) is 2.14. The minimum Gasteiger partial charge on any atom is -0.370 e. The standard InChI is InChI=1S/C11H12O/c1-2-4-9(5-3-1)10-6-11(7-10)8-12-11/h1-5,10H,6-8H2. The summed E-state index contributed by atoms with van der Waals surface area (Å²) in [6, 6.07) is 10.8. The third-order valence-electron chi connectivity index (χ3n) is 3.06. The number of hydrogen-bond acceptors (Lipinski definition) is 1. The Labute approximate surface area is 72.4 Å². The first-order valence-corrected chi connectivity index (χ1v) is 4.57. The lowest BCUT2D eigenvalue weighted by molar-refractivity contribution is 0.170. The van der Waals surface area contributed by atoms with Crippen molar-refractivity contribution >= 4 is 0 Å². The first-order valence-electron chi connectivity index (χ1n) is 4.57. The van der Waals surface area contributed by atoms with Gasteiger partial charge in [-0.05, 0) is 24.3 Å². The lowest BCUT2D eigenvalue weighted by Crippen LogP contribution is -2.30. The van der Waals surface area contributed by atoms with Crippen LogP contribution in [0.1, 0.15) is 24.3 Å². The Morgan fingerprint density at radius 2 is 1.83 bits per heavy atom. The molecular weight excluding hydrogens is 148 g/mol. The number of benzene rings is 1. The van der Waals surface area contributed by atoms with E-state index in [0.717, 1.165) is 12.5 Å². The predicted octanol–water partition coefficient (Wildman–Crippen LogP) is 2.33. The summed E-state index contributed by atoms with van der Waals surface area (Å²) in [5.74, 6) is 0.772. The Kier molecular flexibility index (Phi) is 1.17. The largest absolute Gasteiger partial charge is 0.370 e. The van der Waals surface area contributed by atoms with Gasteiger partial charge in [-0.2, -0.15) is 0 Å². The van der Waals surface area contributed by atoms with E-state index >= 15 is 0 Å². The molecule has 3 rings (SSSR count). The maximum Gasteiger partial charge on any atom is 0.0928 e. The molecule has 62 valence electrons. The van der Waals surface area contributed by atoms with Gasteiger partial charge in [0.2, 0.25) is 0 Å². The third-order valence-corrected chi connectivity index (χ3v) is 3.06. The van der Waals surface area contributed by atoms with Gasteiger partial charge in [0.15, 0.2) is 0 Å². The summed E-state index contributed by atoms with van der Waals surface area (Å²) in [5.41, 5.74) is 1.83. The highest BCUT2D eigenvalue weighted by molar-refractivity contribution is 5.26. The van der Waals surface area contributed by atoms with Crippen LogP contribution in [0.3, 0.4) is 0 Å². The Hall–Kier alpha value is -0.820. The van der Waals surface area contributed by atoms with Crippen LogP contribution in [0, 0.1) is 0 Å². The van der Waals surface area contributed by atoms with Gasteiger partial charge >= 0.3 is 0 Å². The van der Waals surface area contributed by atoms with Crippen LogP contribution in [-0.4, -0.2) is 12.2 Å². The van der Waals surface area contributed by atoms with Crippen molar-refractivity contribution in [1.29, 1.82) is 0 Å². The van der Waals surface area contributed by atoms with Crippen molar-refractivity contribution in [3.8, 4) is 0 Å². The summed E-state index contributed by atoms with van der Waals surface area (Å²) >= 11 is 0. The second-order valence-corrected chi connectivity index (χ2v) is 3.99. The van der Waals surface area contributed by atoms with Crippen molar-refractivity contribution in [3.05, 3.63) is 35.9 Å². The maximum absolute atomic E-state index is 5.38. The molecule has 12 heavy (non-hydrogen) atoms. The van der Waals surface area contributed by atoms with Gasteiger partial charge in [-0.3, -0.25) is 0 Å². The van der Waals surface area contributed by atoms with E-state index in [1.807, 2.05) is 0 Å². The molecule has 2 aliphatic rings. The molecule has 1 saturated carbocycles. The molecule has 1 saturated heterocycles. The number of hydrogen-bond donors (Lipinski definition) is 0. The molecule has 0 N–H and O–H groups in total. The smallest absolute Gasteiger partial charge is 0.0928 e. The molecule has 0 amide bonds. The Balaban J connectivity index is 1.76. The molecule has 0 radical (unpaired) electrons. The summed E-state index contributed by atoms with van der Waals surface area (Å²) in [6.07, 6.45) is 2.49. The minimum absolute atomic E-state index is 0.348. The zero-order valence-corrected chi connectivity index (χ0v) is 6.99. The molecule has 1 aromatic carbocycles. The van der Waals surface area contributed by atoms with Crippen LogP contribution >= 0.6 is 0 Å². The fraction of sp³-hybridized carbons (Fsp3) is 0.455. The van der Waals surface area contributed by atoms with Crippen LogP contribution in [0.25, 0.3) is 0 Å². The molecule has 1 spiro atoms. The molecule has 1 nitrogen and oxygen atoms in total. The summed E-state index contributed by atoms with van der Waals surface area (Å²) in [4.78, 5) is 0. The number of rotatable bonds is 1. The molecule has 2 fully saturated rings. The molecule has 0 aromatic heterocycles. The quantitative estimate of drug-likeness (QED) is 0.574. The zero-order chi connectivity index (χ0) is 8.02. The molecule has 0 atom stereocenters. The van der Waals surface area contributed by atoms with Crippen molar-refractivity contribution in [2.24, 2.45) is 0 Å². The first-order chi connectivity index (χ1) is 5.88. The molecular formula is C11H12O. The van der Waals surface area contributed by atoms with Crippen molar-refractivity contribution in [1.82, 2.24) is 0 Å². The number of epoxide rings is 1. The van der Waals surface area contributed by atoms with Crippen molar-refractivity contribution < 1.29 is 4.74 Å². The summed E-state index contributed by atoms with van der Waals surface area (Å²) < 4.78 is 5.38.